The van der Waals surface area contributed by atoms with Gasteiger partial charge in [-0.2, -0.15) is 0 Å². The van der Waals surface area contributed by atoms with Gasteiger partial charge in [0.05, 0.1) is 12.1 Å². The van der Waals surface area contributed by atoms with E-state index in [9.17, 15) is 9.90 Å². The number of anilines is 1. The van der Waals surface area contributed by atoms with Crippen LogP contribution < -0.4 is 5.32 Å². The fourth-order valence-electron chi connectivity index (χ4n) is 2.06. The van der Waals surface area contributed by atoms with Gasteiger partial charge < -0.3 is 10.4 Å². The maximum absolute atomic E-state index is 12.1. The van der Waals surface area contributed by atoms with Gasteiger partial charge in [-0.15, -0.1) is 0 Å². The SMILES string of the molecule is Cc1nc(NC(=O)Cc2cccc(Br)c2)c(C)c(C)c1O. The summed E-state index contributed by atoms with van der Waals surface area (Å²) in [5.74, 6) is 0.550. The fraction of sp³-hybridized carbons (Fsp3) is 0.250. The molecule has 21 heavy (non-hydrogen) atoms. The Hall–Kier alpha value is -1.88. The molecule has 4 nitrogen and oxygen atoms in total. The molecule has 0 fully saturated rings. The number of aryl methyl sites for hydroxylation is 1. The quantitative estimate of drug-likeness (QED) is 0.889. The lowest BCUT2D eigenvalue weighted by Crippen LogP contribution is -2.17. The first kappa shape index (κ1) is 15.5. The zero-order valence-corrected chi connectivity index (χ0v) is 13.8. The van der Waals surface area contributed by atoms with Crippen LogP contribution in [0.1, 0.15) is 22.4 Å². The number of nitrogens with one attached hydrogen (secondary N) is 1. The minimum absolute atomic E-state index is 0.131. The van der Waals surface area contributed by atoms with E-state index in [1.165, 1.54) is 0 Å². The van der Waals surface area contributed by atoms with Crippen LogP contribution in [-0.4, -0.2) is 16.0 Å². The summed E-state index contributed by atoms with van der Waals surface area (Å²) >= 11 is 3.39. The number of nitrogens with zero attached hydrogens (tertiary/aromatic N) is 1. The van der Waals surface area contributed by atoms with Gasteiger partial charge in [0.25, 0.3) is 0 Å². The standard InChI is InChI=1S/C16H17BrN2O2/c1-9-10(2)16(18-11(3)15(9)21)19-14(20)8-12-5-4-6-13(17)7-12/h4-7,21H,8H2,1-3H3,(H,18,19,20). The van der Waals surface area contributed by atoms with Crippen LogP contribution >= 0.6 is 15.9 Å². The molecule has 0 saturated heterocycles. The third kappa shape index (κ3) is 3.61. The molecule has 0 unspecified atom stereocenters. The number of amides is 1. The molecule has 0 bridgehead atoms. The van der Waals surface area contributed by atoms with Gasteiger partial charge in [0.2, 0.25) is 5.91 Å². The summed E-state index contributed by atoms with van der Waals surface area (Å²) in [6.45, 7) is 5.35. The number of hydrogen-bond acceptors (Lipinski definition) is 3. The average molecular weight is 349 g/mol. The average Bonchev–Trinajstić information content (AvgIpc) is 2.42. The maximum Gasteiger partial charge on any atom is 0.229 e. The first-order valence-electron chi connectivity index (χ1n) is 6.59. The molecule has 0 atom stereocenters. The van der Waals surface area contributed by atoms with Crippen molar-refractivity contribution in [2.45, 2.75) is 27.2 Å². The van der Waals surface area contributed by atoms with Gasteiger partial charge >= 0.3 is 0 Å². The lowest BCUT2D eigenvalue weighted by molar-refractivity contribution is -0.115. The lowest BCUT2D eigenvalue weighted by atomic mass is 10.1. The van der Waals surface area contributed by atoms with E-state index in [4.69, 9.17) is 0 Å². The molecule has 5 heteroatoms. The number of pyridine rings is 1. The molecular formula is C16H17BrN2O2. The molecule has 110 valence electrons. The maximum atomic E-state index is 12.1. The molecule has 0 saturated carbocycles. The number of hydrogen-bond donors (Lipinski definition) is 2. The fourth-order valence-corrected chi connectivity index (χ4v) is 2.51. The van der Waals surface area contributed by atoms with Crippen LogP contribution in [0.15, 0.2) is 28.7 Å². The molecule has 0 radical (unpaired) electrons. The first-order chi connectivity index (χ1) is 9.88. The summed E-state index contributed by atoms with van der Waals surface area (Å²) in [4.78, 5) is 16.4. The number of halogens is 1. The monoisotopic (exact) mass is 348 g/mol. The Morgan fingerprint density at radius 3 is 2.67 bits per heavy atom. The molecule has 1 aromatic carbocycles. The minimum atomic E-state index is -0.131. The third-order valence-electron chi connectivity index (χ3n) is 3.41. The van der Waals surface area contributed by atoms with Crippen molar-refractivity contribution in [1.82, 2.24) is 4.98 Å². The van der Waals surface area contributed by atoms with E-state index >= 15 is 0 Å². The zero-order chi connectivity index (χ0) is 15.6. The predicted molar refractivity (Wildman–Crippen MR) is 86.6 cm³/mol. The molecule has 0 spiro atoms. The van der Waals surface area contributed by atoms with Crippen molar-refractivity contribution < 1.29 is 9.90 Å². The highest BCUT2D eigenvalue weighted by Crippen LogP contribution is 2.27. The number of aromatic nitrogens is 1. The Balaban J connectivity index is 2.17. The molecule has 0 aliphatic heterocycles. The summed E-state index contributed by atoms with van der Waals surface area (Å²) in [6.07, 6.45) is 0.277. The molecule has 2 rings (SSSR count). The smallest absolute Gasteiger partial charge is 0.229 e. The van der Waals surface area contributed by atoms with Crippen molar-refractivity contribution >= 4 is 27.7 Å². The summed E-state index contributed by atoms with van der Waals surface area (Å²) in [6, 6.07) is 7.62. The number of benzene rings is 1. The summed E-state index contributed by atoms with van der Waals surface area (Å²) < 4.78 is 0.943. The Labute approximate surface area is 132 Å². The topological polar surface area (TPSA) is 62.2 Å². The number of carbonyl (C=O) groups excluding carboxylic acids is 1. The van der Waals surface area contributed by atoms with E-state index in [-0.39, 0.29) is 18.1 Å². The van der Waals surface area contributed by atoms with Crippen LogP contribution in [-0.2, 0) is 11.2 Å². The van der Waals surface area contributed by atoms with Gasteiger partial charge in [-0.1, -0.05) is 28.1 Å². The molecule has 0 aliphatic carbocycles. The van der Waals surface area contributed by atoms with E-state index in [1.54, 1.807) is 6.92 Å². The van der Waals surface area contributed by atoms with Crippen molar-refractivity contribution in [3.05, 3.63) is 51.1 Å². The van der Waals surface area contributed by atoms with Crippen LogP contribution in [0, 0.1) is 20.8 Å². The van der Waals surface area contributed by atoms with Gasteiger partial charge in [-0.05, 0) is 49.6 Å². The molecule has 1 heterocycles. The van der Waals surface area contributed by atoms with E-state index < -0.39 is 0 Å². The van der Waals surface area contributed by atoms with Crippen molar-refractivity contribution in [2.24, 2.45) is 0 Å². The third-order valence-corrected chi connectivity index (χ3v) is 3.90. The van der Waals surface area contributed by atoms with Gasteiger partial charge in [0, 0.05) is 4.47 Å². The van der Waals surface area contributed by atoms with Gasteiger partial charge in [-0.25, -0.2) is 4.98 Å². The van der Waals surface area contributed by atoms with Crippen LogP contribution in [0.5, 0.6) is 5.75 Å². The molecule has 1 amide bonds. The molecule has 0 aliphatic rings. The van der Waals surface area contributed by atoms with E-state index in [0.717, 1.165) is 21.2 Å². The Bertz CT molecular complexity index is 699. The Kier molecular flexibility index (Phi) is 4.63. The van der Waals surface area contributed by atoms with Gasteiger partial charge in [-0.3, -0.25) is 4.79 Å². The lowest BCUT2D eigenvalue weighted by Gasteiger charge is -2.13. The number of rotatable bonds is 3. The highest BCUT2D eigenvalue weighted by atomic mass is 79.9. The summed E-state index contributed by atoms with van der Waals surface area (Å²) in [7, 11) is 0. The van der Waals surface area contributed by atoms with Crippen LogP contribution in [0.3, 0.4) is 0 Å². The molecule has 2 aromatic rings. The van der Waals surface area contributed by atoms with Crippen LogP contribution in [0.25, 0.3) is 0 Å². The molecule has 1 aromatic heterocycles. The highest BCUT2D eigenvalue weighted by Gasteiger charge is 2.13. The van der Waals surface area contributed by atoms with Gasteiger partial charge in [0.15, 0.2) is 0 Å². The van der Waals surface area contributed by atoms with Crippen molar-refractivity contribution in [3.8, 4) is 5.75 Å². The summed E-state index contributed by atoms with van der Waals surface area (Å²) in [5, 5.41) is 12.6. The second-order valence-corrected chi connectivity index (χ2v) is 5.91. The minimum Gasteiger partial charge on any atom is -0.506 e. The summed E-state index contributed by atoms with van der Waals surface area (Å²) in [5.41, 5.74) is 2.95. The van der Waals surface area contributed by atoms with Gasteiger partial charge in [0.1, 0.15) is 11.6 Å². The second-order valence-electron chi connectivity index (χ2n) is 5.00. The van der Waals surface area contributed by atoms with Crippen molar-refractivity contribution in [2.75, 3.05) is 5.32 Å². The van der Waals surface area contributed by atoms with Crippen LogP contribution in [0.4, 0.5) is 5.82 Å². The van der Waals surface area contributed by atoms with Crippen molar-refractivity contribution in [1.29, 1.82) is 0 Å². The second kappa shape index (κ2) is 6.26. The largest absolute Gasteiger partial charge is 0.506 e. The Morgan fingerprint density at radius 2 is 2.00 bits per heavy atom. The predicted octanol–water partition coefficient (Wildman–Crippen LogP) is 3.66. The highest BCUT2D eigenvalue weighted by molar-refractivity contribution is 9.10. The van der Waals surface area contributed by atoms with E-state index in [1.807, 2.05) is 38.1 Å². The number of carbonyl (C=O) groups is 1. The van der Waals surface area contributed by atoms with E-state index in [0.29, 0.717) is 11.5 Å². The zero-order valence-electron chi connectivity index (χ0n) is 12.2. The normalized spacial score (nSPS) is 10.5. The molecule has 2 N–H and O–H groups in total. The first-order valence-corrected chi connectivity index (χ1v) is 7.39. The van der Waals surface area contributed by atoms with Crippen molar-refractivity contribution in [3.63, 3.8) is 0 Å². The Morgan fingerprint density at radius 1 is 1.29 bits per heavy atom. The molecular weight excluding hydrogens is 332 g/mol. The van der Waals surface area contributed by atoms with E-state index in [2.05, 4.69) is 26.2 Å². The van der Waals surface area contributed by atoms with Crippen LogP contribution in [0.2, 0.25) is 0 Å². The number of aromatic hydroxyl groups is 1.